The number of pyridine rings is 1. The molecule has 1 rings (SSSR count). The normalized spacial score (nSPS) is 11.2. The van der Waals surface area contributed by atoms with E-state index < -0.39 is 17.1 Å². The molecule has 0 bridgehead atoms. The summed E-state index contributed by atoms with van der Waals surface area (Å²) in [5.74, 6) is -0.595. The summed E-state index contributed by atoms with van der Waals surface area (Å²) in [6, 6.07) is 1.51. The number of aromatic nitrogens is 1. The van der Waals surface area contributed by atoms with Gasteiger partial charge < -0.3 is 9.72 Å². The summed E-state index contributed by atoms with van der Waals surface area (Å²) in [5, 5.41) is 0. The van der Waals surface area contributed by atoms with Gasteiger partial charge in [-0.1, -0.05) is 0 Å². The minimum atomic E-state index is -0.595. The molecule has 5 heteroatoms. The van der Waals surface area contributed by atoms with Crippen molar-refractivity contribution in [3.63, 3.8) is 0 Å². The summed E-state index contributed by atoms with van der Waals surface area (Å²) in [6.45, 7) is 5.27. The fourth-order valence-corrected chi connectivity index (χ4v) is 1.41. The zero-order valence-electron chi connectivity index (χ0n) is 8.76. The molecule has 82 valence electrons. The van der Waals surface area contributed by atoms with E-state index in [1.54, 1.807) is 20.8 Å². The maximum absolute atomic E-state index is 11.6. The highest BCUT2D eigenvalue weighted by Gasteiger charge is 2.20. The Kier molecular flexibility index (Phi) is 3.54. The van der Waals surface area contributed by atoms with E-state index in [4.69, 9.17) is 4.74 Å². The molecule has 4 nitrogen and oxygen atoms in total. The van der Waals surface area contributed by atoms with Crippen LogP contribution in [0.4, 0.5) is 0 Å². The molecular formula is C10H12INO3. The first kappa shape index (κ1) is 12.2. The second kappa shape index (κ2) is 4.34. The fourth-order valence-electron chi connectivity index (χ4n) is 0.942. The molecule has 0 aliphatic carbocycles. The molecule has 0 aliphatic heterocycles. The van der Waals surface area contributed by atoms with Gasteiger partial charge in [-0.3, -0.25) is 4.79 Å². The first-order valence-corrected chi connectivity index (χ1v) is 5.49. The zero-order chi connectivity index (χ0) is 11.6. The van der Waals surface area contributed by atoms with Crippen molar-refractivity contribution < 1.29 is 9.53 Å². The van der Waals surface area contributed by atoms with Crippen LogP contribution in [0.5, 0.6) is 0 Å². The van der Waals surface area contributed by atoms with Crippen molar-refractivity contribution in [3.8, 4) is 0 Å². The van der Waals surface area contributed by atoms with E-state index in [-0.39, 0.29) is 5.56 Å². The molecule has 0 spiro atoms. The number of ether oxygens (including phenoxy) is 1. The van der Waals surface area contributed by atoms with Gasteiger partial charge in [0.25, 0.3) is 5.56 Å². The van der Waals surface area contributed by atoms with Crippen molar-refractivity contribution in [2.24, 2.45) is 0 Å². The molecule has 0 aromatic carbocycles. The summed E-state index contributed by atoms with van der Waals surface area (Å²) in [6.07, 6.45) is 1.54. The van der Waals surface area contributed by atoms with Crippen LogP contribution < -0.4 is 5.56 Å². The van der Waals surface area contributed by atoms with Crippen molar-refractivity contribution >= 4 is 28.6 Å². The van der Waals surface area contributed by atoms with E-state index >= 15 is 0 Å². The average Bonchev–Trinajstić information content (AvgIpc) is 2.06. The minimum Gasteiger partial charge on any atom is -0.456 e. The number of carbonyl (C=O) groups is 1. The molecule has 1 heterocycles. The number of esters is 1. The lowest BCUT2D eigenvalue weighted by Crippen LogP contribution is -2.28. The number of hydrogen-bond acceptors (Lipinski definition) is 3. The topological polar surface area (TPSA) is 59.2 Å². The molecule has 0 unspecified atom stereocenters. The molecule has 1 N–H and O–H groups in total. The molecular weight excluding hydrogens is 309 g/mol. The van der Waals surface area contributed by atoms with E-state index in [2.05, 4.69) is 4.98 Å². The van der Waals surface area contributed by atoms with Crippen molar-refractivity contribution in [1.29, 1.82) is 0 Å². The third kappa shape index (κ3) is 3.65. The lowest BCUT2D eigenvalue weighted by Gasteiger charge is -2.19. The molecule has 1 aromatic heterocycles. The number of halogens is 1. The second-order valence-corrected chi connectivity index (χ2v) is 5.31. The maximum Gasteiger partial charge on any atom is 0.344 e. The average molecular weight is 321 g/mol. The van der Waals surface area contributed by atoms with Gasteiger partial charge in [-0.25, -0.2) is 4.79 Å². The van der Waals surface area contributed by atoms with E-state index in [1.165, 1.54) is 12.3 Å². The number of aromatic amines is 1. The van der Waals surface area contributed by atoms with Crippen LogP contribution >= 0.6 is 22.6 Å². The number of carbonyl (C=O) groups excluding carboxylic acids is 1. The highest BCUT2D eigenvalue weighted by Crippen LogP contribution is 2.11. The number of rotatable bonds is 1. The SMILES string of the molecule is CC(C)(C)OC(=O)c1cc(I)c[nH]c1=O. The Bertz CT molecular complexity index is 431. The van der Waals surface area contributed by atoms with Crippen LogP contribution in [0.2, 0.25) is 0 Å². The number of nitrogens with one attached hydrogen (secondary N) is 1. The van der Waals surface area contributed by atoms with Crippen LogP contribution in [-0.4, -0.2) is 16.6 Å². The summed E-state index contributed by atoms with van der Waals surface area (Å²) in [7, 11) is 0. The number of hydrogen-bond donors (Lipinski definition) is 1. The Morgan fingerprint density at radius 1 is 1.47 bits per heavy atom. The molecule has 1 aromatic rings. The van der Waals surface area contributed by atoms with Gasteiger partial charge in [-0.15, -0.1) is 0 Å². The van der Waals surface area contributed by atoms with Crippen LogP contribution in [0.3, 0.4) is 0 Å². The largest absolute Gasteiger partial charge is 0.456 e. The molecule has 0 fully saturated rings. The number of H-pyrrole nitrogens is 1. The van der Waals surface area contributed by atoms with Gasteiger partial charge >= 0.3 is 5.97 Å². The van der Waals surface area contributed by atoms with Crippen molar-refractivity contribution in [3.05, 3.63) is 31.8 Å². The molecule has 15 heavy (non-hydrogen) atoms. The van der Waals surface area contributed by atoms with Gasteiger partial charge in [0.15, 0.2) is 0 Å². The van der Waals surface area contributed by atoms with Crippen LogP contribution in [0.1, 0.15) is 31.1 Å². The lowest BCUT2D eigenvalue weighted by molar-refractivity contribution is 0.00674. The summed E-state index contributed by atoms with van der Waals surface area (Å²) in [5.41, 5.74) is -0.980. The predicted molar refractivity (Wildman–Crippen MR) is 64.9 cm³/mol. The molecule has 0 atom stereocenters. The molecule has 0 saturated heterocycles. The smallest absolute Gasteiger partial charge is 0.344 e. The Balaban J connectivity index is 3.02. The van der Waals surface area contributed by atoms with Gasteiger partial charge in [0.2, 0.25) is 0 Å². The summed E-state index contributed by atoms with van der Waals surface area (Å²) < 4.78 is 5.88. The molecule has 0 radical (unpaired) electrons. The first-order valence-electron chi connectivity index (χ1n) is 4.41. The highest BCUT2D eigenvalue weighted by atomic mass is 127. The Hall–Kier alpha value is -0.850. The van der Waals surface area contributed by atoms with E-state index in [9.17, 15) is 9.59 Å². The third-order valence-electron chi connectivity index (χ3n) is 1.49. The lowest BCUT2D eigenvalue weighted by atomic mass is 10.2. The fraction of sp³-hybridized carbons (Fsp3) is 0.400. The second-order valence-electron chi connectivity index (χ2n) is 4.06. The van der Waals surface area contributed by atoms with Gasteiger partial charge in [0.05, 0.1) is 0 Å². The van der Waals surface area contributed by atoms with E-state index in [0.29, 0.717) is 0 Å². The summed E-state index contributed by atoms with van der Waals surface area (Å²) in [4.78, 5) is 25.4. The minimum absolute atomic E-state index is 0.0387. The Morgan fingerprint density at radius 2 is 2.07 bits per heavy atom. The van der Waals surface area contributed by atoms with Crippen molar-refractivity contribution in [2.45, 2.75) is 26.4 Å². The standard InChI is InChI=1S/C10H12INO3/c1-10(2,3)15-9(14)7-4-6(11)5-12-8(7)13/h4-5H,1-3H3,(H,12,13). The van der Waals surface area contributed by atoms with Gasteiger partial charge in [0.1, 0.15) is 11.2 Å². The van der Waals surface area contributed by atoms with Crippen LogP contribution in [0.25, 0.3) is 0 Å². The van der Waals surface area contributed by atoms with Gasteiger partial charge in [-0.05, 0) is 49.4 Å². The van der Waals surface area contributed by atoms with Crippen molar-refractivity contribution in [2.75, 3.05) is 0 Å². The van der Waals surface area contributed by atoms with Gasteiger partial charge in [-0.2, -0.15) is 0 Å². The summed E-state index contributed by atoms with van der Waals surface area (Å²) >= 11 is 2.01. The Labute approximate surface area is 101 Å². The molecule has 0 saturated carbocycles. The highest BCUT2D eigenvalue weighted by molar-refractivity contribution is 14.1. The van der Waals surface area contributed by atoms with Crippen LogP contribution in [-0.2, 0) is 4.74 Å². The predicted octanol–water partition coefficient (Wildman–Crippen LogP) is 1.93. The zero-order valence-corrected chi connectivity index (χ0v) is 10.9. The first-order chi connectivity index (χ1) is 6.79. The monoisotopic (exact) mass is 321 g/mol. The van der Waals surface area contributed by atoms with E-state index in [1.807, 2.05) is 22.6 Å². The molecule has 0 aliphatic rings. The third-order valence-corrected chi connectivity index (χ3v) is 2.11. The van der Waals surface area contributed by atoms with E-state index in [0.717, 1.165) is 3.57 Å². The van der Waals surface area contributed by atoms with Crippen LogP contribution in [0.15, 0.2) is 17.1 Å². The van der Waals surface area contributed by atoms with Crippen LogP contribution in [0, 0.1) is 3.57 Å². The maximum atomic E-state index is 11.6. The van der Waals surface area contributed by atoms with Gasteiger partial charge in [0, 0.05) is 9.77 Å². The molecule has 0 amide bonds. The van der Waals surface area contributed by atoms with Crippen molar-refractivity contribution in [1.82, 2.24) is 4.98 Å². The Morgan fingerprint density at radius 3 is 2.60 bits per heavy atom. The quantitative estimate of drug-likeness (QED) is 0.635.